The number of rotatable bonds is 6. The SMILES string of the molecule is Cc1ccnc(N2CCCc3ccc(C(O)(c4ccc5c(c4)N(c4cc(C)ccn4)CCC5)c4ccccc4-c4ccccc4)cc32)c1. The fourth-order valence-electron chi connectivity index (χ4n) is 7.56. The van der Waals surface area contributed by atoms with E-state index in [0.29, 0.717) is 0 Å². The number of aromatic nitrogens is 2. The number of aryl methyl sites for hydroxylation is 4. The summed E-state index contributed by atoms with van der Waals surface area (Å²) in [7, 11) is 0. The van der Waals surface area contributed by atoms with Crippen LogP contribution in [0, 0.1) is 13.8 Å². The van der Waals surface area contributed by atoms with Crippen molar-refractivity contribution in [1.82, 2.24) is 9.97 Å². The largest absolute Gasteiger partial charge is 0.376 e. The lowest BCUT2D eigenvalue weighted by Gasteiger charge is -2.37. The Labute approximate surface area is 283 Å². The first-order valence-electron chi connectivity index (χ1n) is 17.0. The summed E-state index contributed by atoms with van der Waals surface area (Å²) in [6.45, 7) is 5.97. The van der Waals surface area contributed by atoms with E-state index >= 15 is 0 Å². The molecule has 4 heterocycles. The van der Waals surface area contributed by atoms with E-state index in [1.165, 1.54) is 22.3 Å². The predicted octanol–water partition coefficient (Wildman–Crippen LogP) is 9.21. The van der Waals surface area contributed by atoms with Crippen LogP contribution in [0.3, 0.4) is 0 Å². The van der Waals surface area contributed by atoms with E-state index in [4.69, 9.17) is 9.97 Å². The van der Waals surface area contributed by atoms with Crippen LogP contribution >= 0.6 is 0 Å². The second kappa shape index (κ2) is 12.4. The standard InChI is InChI=1S/C43H40N4O/c1-30-20-22-44-41(26-30)46-24-8-12-33-16-18-35(28-39(33)46)43(48,38-15-7-6-14-37(38)32-10-4-3-5-11-32)36-19-17-34-13-9-25-47(40(34)29-36)42-27-31(2)21-23-45-42/h3-7,10-11,14-23,26-29,48H,8-9,12-13,24-25H2,1-2H3. The lowest BCUT2D eigenvalue weighted by molar-refractivity contribution is 0.126. The Hall–Kier alpha value is -5.26. The molecule has 1 N–H and O–H groups in total. The van der Waals surface area contributed by atoms with E-state index in [9.17, 15) is 5.11 Å². The molecule has 6 aromatic rings. The van der Waals surface area contributed by atoms with Crippen LogP contribution in [-0.4, -0.2) is 28.2 Å². The molecule has 8 rings (SSSR count). The molecule has 0 spiro atoms. The fourth-order valence-corrected chi connectivity index (χ4v) is 7.56. The molecule has 0 atom stereocenters. The van der Waals surface area contributed by atoms with E-state index in [2.05, 4.69) is 115 Å². The Morgan fingerprint density at radius 2 is 1.10 bits per heavy atom. The zero-order valence-electron chi connectivity index (χ0n) is 27.6. The Balaban J connectivity index is 1.35. The van der Waals surface area contributed by atoms with Crippen LogP contribution in [0.25, 0.3) is 11.1 Å². The molecule has 0 aliphatic carbocycles. The van der Waals surface area contributed by atoms with Crippen molar-refractivity contribution in [2.45, 2.75) is 45.1 Å². The van der Waals surface area contributed by atoms with Gasteiger partial charge in [0, 0.05) is 42.4 Å². The van der Waals surface area contributed by atoms with Gasteiger partial charge in [-0.2, -0.15) is 0 Å². The molecule has 0 radical (unpaired) electrons. The van der Waals surface area contributed by atoms with Crippen molar-refractivity contribution in [3.8, 4) is 11.1 Å². The van der Waals surface area contributed by atoms with Gasteiger partial charge >= 0.3 is 0 Å². The first-order valence-corrected chi connectivity index (χ1v) is 17.0. The molecule has 0 fully saturated rings. The third-order valence-corrected chi connectivity index (χ3v) is 10.0. The highest BCUT2D eigenvalue weighted by Gasteiger charge is 2.38. The second-order valence-corrected chi connectivity index (χ2v) is 13.2. The molecule has 5 nitrogen and oxygen atoms in total. The van der Waals surface area contributed by atoms with Gasteiger partial charge in [-0.05, 0) is 120 Å². The average Bonchev–Trinajstić information content (AvgIpc) is 3.14. The van der Waals surface area contributed by atoms with E-state index < -0.39 is 5.60 Å². The third kappa shape index (κ3) is 5.34. The maximum atomic E-state index is 13.6. The zero-order valence-corrected chi connectivity index (χ0v) is 27.6. The van der Waals surface area contributed by atoms with Crippen molar-refractivity contribution >= 4 is 23.0 Å². The average molecular weight is 629 g/mol. The summed E-state index contributed by atoms with van der Waals surface area (Å²) >= 11 is 0. The quantitative estimate of drug-likeness (QED) is 0.186. The van der Waals surface area contributed by atoms with Crippen LogP contribution in [0.2, 0.25) is 0 Å². The first-order chi connectivity index (χ1) is 23.5. The van der Waals surface area contributed by atoms with E-state index in [1.54, 1.807) is 0 Å². The van der Waals surface area contributed by atoms with E-state index in [0.717, 1.165) is 89.6 Å². The molecule has 2 aliphatic rings. The number of fused-ring (bicyclic) bond motifs is 2. The van der Waals surface area contributed by atoms with Crippen LogP contribution < -0.4 is 9.80 Å². The fraction of sp³-hybridized carbons (Fsp3) is 0.209. The molecule has 48 heavy (non-hydrogen) atoms. The molecular formula is C43H40N4O. The Morgan fingerprint density at radius 3 is 1.65 bits per heavy atom. The van der Waals surface area contributed by atoms with Gasteiger partial charge in [0.05, 0.1) is 0 Å². The summed E-state index contributed by atoms with van der Waals surface area (Å²) in [6.07, 6.45) is 7.87. The summed E-state index contributed by atoms with van der Waals surface area (Å²) in [5, 5.41) is 13.6. The number of pyridine rings is 2. The monoisotopic (exact) mass is 628 g/mol. The minimum absolute atomic E-state index is 0.833. The highest BCUT2D eigenvalue weighted by Crippen LogP contribution is 2.46. The summed E-state index contributed by atoms with van der Waals surface area (Å²) in [4.78, 5) is 14.2. The molecule has 2 aromatic heterocycles. The molecule has 0 unspecified atom stereocenters. The van der Waals surface area contributed by atoms with Gasteiger partial charge in [0.2, 0.25) is 0 Å². The van der Waals surface area contributed by atoms with Gasteiger partial charge in [0.25, 0.3) is 0 Å². The van der Waals surface area contributed by atoms with Crippen molar-refractivity contribution < 1.29 is 5.11 Å². The minimum atomic E-state index is -1.46. The van der Waals surface area contributed by atoms with Gasteiger partial charge in [-0.25, -0.2) is 9.97 Å². The van der Waals surface area contributed by atoms with Gasteiger partial charge in [-0.3, -0.25) is 0 Å². The Bertz CT molecular complexity index is 2000. The molecule has 4 aromatic carbocycles. The normalized spacial score (nSPS) is 14.4. The van der Waals surface area contributed by atoms with Gasteiger partial charge < -0.3 is 14.9 Å². The van der Waals surface area contributed by atoms with E-state index in [1.807, 2.05) is 36.7 Å². The van der Waals surface area contributed by atoms with Crippen molar-refractivity contribution in [2.75, 3.05) is 22.9 Å². The Morgan fingerprint density at radius 1 is 0.583 bits per heavy atom. The number of aliphatic hydroxyl groups is 1. The molecular weight excluding hydrogens is 589 g/mol. The van der Waals surface area contributed by atoms with Crippen molar-refractivity contribution in [3.63, 3.8) is 0 Å². The maximum Gasteiger partial charge on any atom is 0.141 e. The van der Waals surface area contributed by atoms with Gasteiger partial charge in [0.15, 0.2) is 0 Å². The maximum absolute atomic E-state index is 13.6. The third-order valence-electron chi connectivity index (χ3n) is 10.0. The van der Waals surface area contributed by atoms with Crippen molar-refractivity contribution in [2.24, 2.45) is 0 Å². The van der Waals surface area contributed by atoms with Crippen molar-refractivity contribution in [3.05, 3.63) is 167 Å². The van der Waals surface area contributed by atoms with Gasteiger partial charge in [-0.1, -0.05) is 78.9 Å². The summed E-state index contributed by atoms with van der Waals surface area (Å²) < 4.78 is 0. The van der Waals surface area contributed by atoms with Crippen LogP contribution in [0.1, 0.15) is 51.8 Å². The summed E-state index contributed by atoms with van der Waals surface area (Å²) in [5.41, 5.74) is 10.3. The Kier molecular flexibility index (Phi) is 7.78. The van der Waals surface area contributed by atoms with Crippen molar-refractivity contribution in [1.29, 1.82) is 0 Å². The molecule has 5 heteroatoms. The molecule has 0 amide bonds. The lowest BCUT2D eigenvalue weighted by atomic mass is 9.76. The number of hydrogen-bond acceptors (Lipinski definition) is 5. The predicted molar refractivity (Wildman–Crippen MR) is 195 cm³/mol. The van der Waals surface area contributed by atoms with Crippen LogP contribution in [0.15, 0.2) is 128 Å². The first kappa shape index (κ1) is 30.1. The van der Waals surface area contributed by atoms with Gasteiger partial charge in [-0.15, -0.1) is 0 Å². The highest BCUT2D eigenvalue weighted by atomic mass is 16.3. The molecule has 0 bridgehead atoms. The number of anilines is 4. The molecule has 0 saturated heterocycles. The van der Waals surface area contributed by atoms with E-state index in [-0.39, 0.29) is 0 Å². The van der Waals surface area contributed by atoms with Gasteiger partial charge in [0.1, 0.15) is 17.2 Å². The topological polar surface area (TPSA) is 52.5 Å². The smallest absolute Gasteiger partial charge is 0.141 e. The molecule has 2 aliphatic heterocycles. The van der Waals surface area contributed by atoms with Crippen LogP contribution in [0.4, 0.5) is 23.0 Å². The number of benzene rings is 4. The minimum Gasteiger partial charge on any atom is -0.376 e. The highest BCUT2D eigenvalue weighted by molar-refractivity contribution is 5.75. The van der Waals surface area contributed by atoms with Crippen LogP contribution in [0.5, 0.6) is 0 Å². The lowest BCUT2D eigenvalue weighted by Crippen LogP contribution is -2.32. The second-order valence-electron chi connectivity index (χ2n) is 13.2. The number of hydrogen-bond donors (Lipinski definition) is 1. The molecule has 0 saturated carbocycles. The summed E-state index contributed by atoms with van der Waals surface area (Å²) in [5.74, 6) is 1.88. The number of nitrogens with zero attached hydrogens (tertiary/aromatic N) is 4. The summed E-state index contributed by atoms with van der Waals surface area (Å²) in [6, 6.07) is 40.2. The molecule has 238 valence electrons. The zero-order chi connectivity index (χ0) is 32.7. The van der Waals surface area contributed by atoms with Crippen LogP contribution in [-0.2, 0) is 18.4 Å².